The van der Waals surface area contributed by atoms with Crippen molar-refractivity contribution >= 4 is 7.60 Å². The summed E-state index contributed by atoms with van der Waals surface area (Å²) in [7, 11) is -2.10. The molecule has 11 heteroatoms. The van der Waals surface area contributed by atoms with E-state index < -0.39 is 43.4 Å². The Morgan fingerprint density at radius 1 is 1.35 bits per heavy atom. The van der Waals surface area contributed by atoms with Crippen LogP contribution in [0.3, 0.4) is 0 Å². The molecule has 1 aromatic heterocycles. The van der Waals surface area contributed by atoms with Gasteiger partial charge in [-0.2, -0.15) is 0 Å². The van der Waals surface area contributed by atoms with Crippen LogP contribution in [-0.2, 0) is 23.1 Å². The molecular weight excluding hydrogens is 367 g/mol. The third-order valence-electron chi connectivity index (χ3n) is 3.72. The third-order valence-corrected chi connectivity index (χ3v) is 5.50. The summed E-state index contributed by atoms with van der Waals surface area (Å²) >= 11 is 0. The second-order valence-electron chi connectivity index (χ2n) is 5.42. The largest absolute Gasteiger partial charge is 0.387 e. The van der Waals surface area contributed by atoms with Crippen LogP contribution in [0.4, 0.5) is 0 Å². The summed E-state index contributed by atoms with van der Waals surface area (Å²) in [6, 6.07) is 1.16. The van der Waals surface area contributed by atoms with Gasteiger partial charge in [0.25, 0.3) is 5.56 Å². The minimum Gasteiger partial charge on any atom is -0.387 e. The number of aromatic nitrogens is 2. The van der Waals surface area contributed by atoms with Crippen molar-refractivity contribution in [3.05, 3.63) is 45.0 Å². The predicted octanol–water partition coefficient (Wildman–Crippen LogP) is 0.590. The van der Waals surface area contributed by atoms with E-state index in [1.54, 1.807) is 13.8 Å². The molecule has 4 unspecified atom stereocenters. The molecule has 1 aliphatic heterocycles. The molecule has 146 valence electrons. The van der Waals surface area contributed by atoms with E-state index in [0.29, 0.717) is 0 Å². The first-order valence-corrected chi connectivity index (χ1v) is 9.72. The van der Waals surface area contributed by atoms with Gasteiger partial charge in [-0.05, 0) is 19.9 Å². The normalized spacial score (nSPS) is 26.6. The van der Waals surface area contributed by atoms with E-state index >= 15 is 0 Å². The van der Waals surface area contributed by atoms with E-state index in [9.17, 15) is 19.3 Å². The van der Waals surface area contributed by atoms with E-state index in [4.69, 9.17) is 18.5 Å². The average molecular weight is 390 g/mol. The van der Waals surface area contributed by atoms with Gasteiger partial charge < -0.3 is 23.6 Å². The first-order chi connectivity index (χ1) is 12.3. The molecule has 4 atom stereocenters. The SMILES string of the molecule is CCOP(=O)(C=CC1OC(n2ccc(=O)[nH]c2=O)C(OC)C1O)OCC. The Hall–Kier alpha value is -1.55. The molecule has 2 heterocycles. The molecule has 26 heavy (non-hydrogen) atoms. The van der Waals surface area contributed by atoms with Crippen molar-refractivity contribution in [3.63, 3.8) is 0 Å². The minimum atomic E-state index is -3.46. The Balaban J connectivity index is 2.27. The highest BCUT2D eigenvalue weighted by molar-refractivity contribution is 7.57. The lowest BCUT2D eigenvalue weighted by Gasteiger charge is -2.19. The van der Waals surface area contributed by atoms with E-state index in [0.717, 1.165) is 10.6 Å². The lowest BCUT2D eigenvalue weighted by atomic mass is 10.1. The molecule has 1 aliphatic rings. The summed E-state index contributed by atoms with van der Waals surface area (Å²) in [5, 5.41) is 10.4. The highest BCUT2D eigenvalue weighted by Gasteiger charge is 2.44. The molecule has 1 fully saturated rings. The van der Waals surface area contributed by atoms with Gasteiger partial charge in [-0.15, -0.1) is 0 Å². The van der Waals surface area contributed by atoms with Gasteiger partial charge in [-0.3, -0.25) is 18.9 Å². The first kappa shape index (κ1) is 20.8. The number of aliphatic hydroxyl groups is 1. The van der Waals surface area contributed by atoms with Crippen LogP contribution in [0.5, 0.6) is 0 Å². The van der Waals surface area contributed by atoms with E-state index in [1.807, 2.05) is 0 Å². The summed E-state index contributed by atoms with van der Waals surface area (Å²) in [4.78, 5) is 25.3. The zero-order chi connectivity index (χ0) is 19.3. The maximum Gasteiger partial charge on any atom is 0.353 e. The first-order valence-electron chi connectivity index (χ1n) is 8.11. The summed E-state index contributed by atoms with van der Waals surface area (Å²) in [6.45, 7) is 3.73. The Kier molecular flexibility index (Phi) is 7.10. The standard InChI is InChI=1S/C15H23N2O8P/c1-4-23-26(21,24-5-2)9-7-10-12(19)13(22-3)14(25-10)17-8-6-11(18)16-15(17)20/h6-10,12-14,19H,4-5H2,1-3H3,(H,16,18,20). The predicted molar refractivity (Wildman–Crippen MR) is 92.0 cm³/mol. The lowest BCUT2D eigenvalue weighted by Crippen LogP contribution is -2.38. The number of hydrogen-bond donors (Lipinski definition) is 2. The van der Waals surface area contributed by atoms with Gasteiger partial charge in [0.2, 0.25) is 0 Å². The van der Waals surface area contributed by atoms with Gasteiger partial charge in [0.15, 0.2) is 6.23 Å². The number of hydrogen-bond acceptors (Lipinski definition) is 8. The molecule has 2 N–H and O–H groups in total. The highest BCUT2D eigenvalue weighted by atomic mass is 31.2. The number of rotatable bonds is 8. The highest BCUT2D eigenvalue weighted by Crippen LogP contribution is 2.50. The number of aromatic amines is 1. The number of methoxy groups -OCH3 is 1. The van der Waals surface area contributed by atoms with Crippen molar-refractivity contribution in [3.8, 4) is 0 Å². The topological polar surface area (TPSA) is 129 Å². The van der Waals surface area contributed by atoms with E-state index in [1.165, 1.54) is 25.2 Å². The van der Waals surface area contributed by atoms with Crippen LogP contribution in [0.1, 0.15) is 20.1 Å². The van der Waals surface area contributed by atoms with Gasteiger partial charge >= 0.3 is 13.3 Å². The lowest BCUT2D eigenvalue weighted by molar-refractivity contribution is -0.0491. The average Bonchev–Trinajstić information content (AvgIpc) is 2.89. The molecule has 0 spiro atoms. The van der Waals surface area contributed by atoms with Gasteiger partial charge in [0.1, 0.15) is 18.3 Å². The molecule has 0 saturated carbocycles. The summed E-state index contributed by atoms with van der Waals surface area (Å²) in [5.74, 6) is 1.22. The zero-order valence-corrected chi connectivity index (χ0v) is 15.6. The fourth-order valence-electron chi connectivity index (χ4n) is 2.61. The van der Waals surface area contributed by atoms with E-state index in [2.05, 4.69) is 4.98 Å². The fraction of sp³-hybridized carbons (Fsp3) is 0.600. The van der Waals surface area contributed by atoms with Gasteiger partial charge in [-0.25, -0.2) is 4.79 Å². The molecule has 2 rings (SSSR count). The Morgan fingerprint density at radius 2 is 2.00 bits per heavy atom. The van der Waals surface area contributed by atoms with Gasteiger partial charge in [0.05, 0.1) is 13.2 Å². The third kappa shape index (κ3) is 4.59. The van der Waals surface area contributed by atoms with Crippen LogP contribution in [-0.4, -0.2) is 53.3 Å². The molecule has 0 amide bonds. The number of ether oxygens (including phenoxy) is 2. The van der Waals surface area contributed by atoms with E-state index in [-0.39, 0.29) is 13.2 Å². The number of nitrogens with zero attached hydrogens (tertiary/aromatic N) is 1. The van der Waals surface area contributed by atoms with Gasteiger partial charge in [0, 0.05) is 25.2 Å². The minimum absolute atomic E-state index is 0.186. The second kappa shape index (κ2) is 8.90. The van der Waals surface area contributed by atoms with Crippen molar-refractivity contribution in [2.24, 2.45) is 0 Å². The van der Waals surface area contributed by atoms with Crippen LogP contribution in [0.2, 0.25) is 0 Å². The van der Waals surface area contributed by atoms with Crippen molar-refractivity contribution in [2.75, 3.05) is 20.3 Å². The maximum absolute atomic E-state index is 12.5. The van der Waals surface area contributed by atoms with Crippen LogP contribution in [0, 0.1) is 0 Å². The number of nitrogens with one attached hydrogen (secondary N) is 1. The summed E-state index contributed by atoms with van der Waals surface area (Å²) < 4.78 is 34.8. The fourth-order valence-corrected chi connectivity index (χ4v) is 3.96. The van der Waals surface area contributed by atoms with Crippen LogP contribution in [0.25, 0.3) is 0 Å². The molecule has 1 saturated heterocycles. The monoisotopic (exact) mass is 390 g/mol. The van der Waals surface area contributed by atoms with Crippen molar-refractivity contribution in [1.29, 1.82) is 0 Å². The van der Waals surface area contributed by atoms with Crippen LogP contribution >= 0.6 is 7.60 Å². The molecule has 1 aromatic rings. The number of aliphatic hydroxyl groups excluding tert-OH is 1. The van der Waals surface area contributed by atoms with Crippen LogP contribution in [0.15, 0.2) is 33.7 Å². The van der Waals surface area contributed by atoms with Crippen molar-refractivity contribution in [2.45, 2.75) is 38.4 Å². The Bertz CT molecular complexity index is 778. The smallest absolute Gasteiger partial charge is 0.353 e. The Labute approximate surface area is 149 Å². The van der Waals surface area contributed by atoms with Gasteiger partial charge in [-0.1, -0.05) is 0 Å². The molecule has 0 radical (unpaired) electrons. The van der Waals surface area contributed by atoms with Crippen LogP contribution < -0.4 is 11.2 Å². The van der Waals surface area contributed by atoms with Crippen molar-refractivity contribution < 1.29 is 28.2 Å². The second-order valence-corrected chi connectivity index (χ2v) is 7.31. The zero-order valence-electron chi connectivity index (χ0n) is 14.7. The quantitative estimate of drug-likeness (QED) is 0.617. The maximum atomic E-state index is 12.5. The summed E-state index contributed by atoms with van der Waals surface area (Å²) in [5.41, 5.74) is -1.25. The molecule has 0 aromatic carbocycles. The number of H-pyrrole nitrogens is 1. The summed E-state index contributed by atoms with van der Waals surface area (Å²) in [6.07, 6.45) is -1.31. The Morgan fingerprint density at radius 3 is 2.54 bits per heavy atom. The molecule has 10 nitrogen and oxygen atoms in total. The van der Waals surface area contributed by atoms with Crippen molar-refractivity contribution in [1.82, 2.24) is 9.55 Å². The molecule has 0 aliphatic carbocycles. The molecular formula is C15H23N2O8P. The molecule has 0 bridgehead atoms.